The first-order valence-corrected chi connectivity index (χ1v) is 12.4. The number of rotatable bonds is 4. The van der Waals surface area contributed by atoms with Crippen LogP contribution in [0.5, 0.6) is 0 Å². The molecule has 0 aliphatic heterocycles. The van der Waals surface area contributed by atoms with Gasteiger partial charge in [-0.3, -0.25) is 0 Å². The Balaban J connectivity index is 1.57. The second kappa shape index (κ2) is 7.70. The van der Waals surface area contributed by atoms with Gasteiger partial charge in [0.2, 0.25) is 0 Å². The third kappa shape index (κ3) is 3.50. The van der Waals surface area contributed by atoms with E-state index in [1.165, 1.54) is 37.7 Å². The summed E-state index contributed by atoms with van der Waals surface area (Å²) < 4.78 is 0. The van der Waals surface area contributed by atoms with Gasteiger partial charge in [-0.15, -0.1) is 0 Å². The van der Waals surface area contributed by atoms with Crippen LogP contribution in [0.15, 0.2) is 35.5 Å². The van der Waals surface area contributed by atoms with Crippen molar-refractivity contribution in [3.8, 4) is 0 Å². The molecule has 4 aliphatic carbocycles. The molecule has 0 bridgehead atoms. The van der Waals surface area contributed by atoms with Gasteiger partial charge in [-0.1, -0.05) is 77.0 Å². The van der Waals surface area contributed by atoms with E-state index >= 15 is 0 Å². The second-order valence-corrected chi connectivity index (χ2v) is 11.9. The van der Waals surface area contributed by atoms with E-state index in [1.54, 1.807) is 5.57 Å². The predicted molar refractivity (Wildman–Crippen MR) is 123 cm³/mol. The second-order valence-electron chi connectivity index (χ2n) is 11.9. The van der Waals surface area contributed by atoms with E-state index in [4.69, 9.17) is 0 Å². The quantitative estimate of drug-likeness (QED) is 0.493. The fourth-order valence-corrected chi connectivity index (χ4v) is 7.59. The van der Waals surface area contributed by atoms with E-state index in [0.717, 1.165) is 36.5 Å². The summed E-state index contributed by atoms with van der Waals surface area (Å²) in [6.07, 6.45) is 18.4. The molecule has 1 heteroatoms. The van der Waals surface area contributed by atoms with Gasteiger partial charge in [0, 0.05) is 0 Å². The van der Waals surface area contributed by atoms with Crippen LogP contribution in [0.3, 0.4) is 0 Å². The number of hydrogen-bond donors (Lipinski definition) is 1. The number of fused-ring (bicyclic) bond motifs is 5. The molecule has 1 nitrogen and oxygen atoms in total. The molecule has 0 heterocycles. The molecular formula is C28H44O. The number of allylic oxidation sites excluding steroid dienone is 5. The van der Waals surface area contributed by atoms with Crippen molar-refractivity contribution < 1.29 is 5.11 Å². The minimum absolute atomic E-state index is 0.116. The Hall–Kier alpha value is -0.820. The molecule has 0 aromatic rings. The average molecular weight is 397 g/mol. The molecule has 3 saturated carbocycles. The van der Waals surface area contributed by atoms with Gasteiger partial charge in [-0.25, -0.2) is 0 Å². The molecule has 4 aliphatic rings. The fraction of sp³-hybridized carbons (Fsp3) is 0.786. The SMILES string of the molecule is CC(C)C(C)/C=C/C(C)C1CCC2C3=CC=C4CC(O)CCC4(C)[C@H]3CCC21C. The van der Waals surface area contributed by atoms with Crippen molar-refractivity contribution in [1.29, 1.82) is 0 Å². The summed E-state index contributed by atoms with van der Waals surface area (Å²) in [6, 6.07) is 0. The van der Waals surface area contributed by atoms with E-state index in [9.17, 15) is 5.11 Å². The van der Waals surface area contributed by atoms with Crippen molar-refractivity contribution in [1.82, 2.24) is 0 Å². The summed E-state index contributed by atoms with van der Waals surface area (Å²) in [4.78, 5) is 0. The van der Waals surface area contributed by atoms with Crippen molar-refractivity contribution in [2.24, 2.45) is 46.3 Å². The molecule has 0 aromatic heterocycles. The van der Waals surface area contributed by atoms with Crippen molar-refractivity contribution >= 4 is 0 Å². The van der Waals surface area contributed by atoms with Crippen LogP contribution in [0.4, 0.5) is 0 Å². The van der Waals surface area contributed by atoms with Gasteiger partial charge in [0.25, 0.3) is 0 Å². The first kappa shape index (κ1) is 21.4. The monoisotopic (exact) mass is 396 g/mol. The van der Waals surface area contributed by atoms with Crippen LogP contribution in [0.1, 0.15) is 86.5 Å². The van der Waals surface area contributed by atoms with Crippen LogP contribution in [0.25, 0.3) is 0 Å². The van der Waals surface area contributed by atoms with Crippen LogP contribution >= 0.6 is 0 Å². The van der Waals surface area contributed by atoms with E-state index < -0.39 is 0 Å². The summed E-state index contributed by atoms with van der Waals surface area (Å²) in [5.74, 6) is 4.38. The minimum Gasteiger partial charge on any atom is -0.393 e. The van der Waals surface area contributed by atoms with Crippen molar-refractivity contribution in [2.45, 2.75) is 92.6 Å². The molecule has 8 atom stereocenters. The Bertz CT molecular complexity index is 712. The summed E-state index contributed by atoms with van der Waals surface area (Å²) in [5, 5.41) is 10.2. The van der Waals surface area contributed by atoms with Crippen LogP contribution in [-0.4, -0.2) is 11.2 Å². The third-order valence-electron chi connectivity index (χ3n) is 10.0. The predicted octanol–water partition coefficient (Wildman–Crippen LogP) is 7.33. The molecule has 1 N–H and O–H groups in total. The highest BCUT2D eigenvalue weighted by atomic mass is 16.3. The number of aliphatic hydroxyl groups is 1. The van der Waals surface area contributed by atoms with Gasteiger partial charge in [0.15, 0.2) is 0 Å². The molecule has 0 amide bonds. The van der Waals surface area contributed by atoms with Gasteiger partial charge >= 0.3 is 0 Å². The van der Waals surface area contributed by atoms with Crippen molar-refractivity contribution in [3.63, 3.8) is 0 Å². The first-order chi connectivity index (χ1) is 13.7. The summed E-state index contributed by atoms with van der Waals surface area (Å²) >= 11 is 0. The molecule has 29 heavy (non-hydrogen) atoms. The standard InChI is InChI=1S/C28H44O/c1-18(2)19(3)7-8-20(4)24-11-12-25-23-10-9-21-17-22(29)13-15-27(21,5)26(23)14-16-28(24,25)6/h7-10,18-20,22,24-26,29H,11-17H2,1-6H3/b8-7+/t19?,20?,22?,24?,25?,26-,27?,28?/m0/s1. The van der Waals surface area contributed by atoms with Crippen LogP contribution in [-0.2, 0) is 0 Å². The maximum Gasteiger partial charge on any atom is 0.0578 e. The lowest BCUT2D eigenvalue weighted by Gasteiger charge is -2.55. The molecule has 0 saturated heterocycles. The highest BCUT2D eigenvalue weighted by molar-refractivity contribution is 5.39. The molecule has 162 valence electrons. The van der Waals surface area contributed by atoms with Crippen molar-refractivity contribution in [2.75, 3.05) is 0 Å². The maximum atomic E-state index is 10.2. The molecular weight excluding hydrogens is 352 g/mol. The highest BCUT2D eigenvalue weighted by Crippen LogP contribution is 2.65. The Morgan fingerprint density at radius 2 is 1.69 bits per heavy atom. The highest BCUT2D eigenvalue weighted by Gasteiger charge is 2.56. The smallest absolute Gasteiger partial charge is 0.0578 e. The topological polar surface area (TPSA) is 20.2 Å². The van der Waals surface area contributed by atoms with Crippen molar-refractivity contribution in [3.05, 3.63) is 35.5 Å². The average Bonchev–Trinajstić information content (AvgIpc) is 3.03. The normalized spacial score (nSPS) is 44.0. The van der Waals surface area contributed by atoms with E-state index in [-0.39, 0.29) is 6.10 Å². The zero-order valence-electron chi connectivity index (χ0n) is 19.7. The lowest BCUT2D eigenvalue weighted by atomic mass is 9.50. The molecule has 0 spiro atoms. The van der Waals surface area contributed by atoms with Gasteiger partial charge < -0.3 is 5.11 Å². The first-order valence-electron chi connectivity index (χ1n) is 12.4. The lowest BCUT2D eigenvalue weighted by molar-refractivity contribution is 0.0382. The molecule has 7 unspecified atom stereocenters. The zero-order valence-corrected chi connectivity index (χ0v) is 19.7. The number of hydrogen-bond acceptors (Lipinski definition) is 1. The maximum absolute atomic E-state index is 10.2. The molecule has 0 radical (unpaired) electrons. The Kier molecular flexibility index (Phi) is 5.69. The fourth-order valence-electron chi connectivity index (χ4n) is 7.59. The number of aliphatic hydroxyl groups excluding tert-OH is 1. The van der Waals surface area contributed by atoms with Crippen LogP contribution in [0.2, 0.25) is 0 Å². The third-order valence-corrected chi connectivity index (χ3v) is 10.0. The Morgan fingerprint density at radius 3 is 2.41 bits per heavy atom. The van der Waals surface area contributed by atoms with Crippen LogP contribution in [0, 0.1) is 46.3 Å². The van der Waals surface area contributed by atoms with Crippen LogP contribution < -0.4 is 0 Å². The molecule has 3 fully saturated rings. The Morgan fingerprint density at radius 1 is 0.931 bits per heavy atom. The van der Waals surface area contributed by atoms with Gasteiger partial charge in [-0.2, -0.15) is 0 Å². The van der Waals surface area contributed by atoms with Gasteiger partial charge in [0.05, 0.1) is 6.10 Å². The van der Waals surface area contributed by atoms with Gasteiger partial charge in [-0.05, 0) is 91.3 Å². The molecule has 0 aromatic carbocycles. The largest absolute Gasteiger partial charge is 0.393 e. The Labute approximate surface area is 179 Å². The summed E-state index contributed by atoms with van der Waals surface area (Å²) in [6.45, 7) is 14.6. The summed E-state index contributed by atoms with van der Waals surface area (Å²) in [7, 11) is 0. The lowest BCUT2D eigenvalue weighted by Crippen LogP contribution is -2.46. The van der Waals surface area contributed by atoms with E-state index in [2.05, 4.69) is 65.8 Å². The van der Waals surface area contributed by atoms with E-state index in [1.807, 2.05) is 0 Å². The van der Waals surface area contributed by atoms with E-state index in [0.29, 0.717) is 22.7 Å². The molecule has 4 rings (SSSR count). The summed E-state index contributed by atoms with van der Waals surface area (Å²) in [5.41, 5.74) is 4.07. The zero-order chi connectivity index (χ0) is 21.0. The van der Waals surface area contributed by atoms with Gasteiger partial charge in [0.1, 0.15) is 0 Å². The minimum atomic E-state index is -0.116.